The van der Waals surface area contributed by atoms with Gasteiger partial charge in [0.1, 0.15) is 5.75 Å². The molecule has 1 aliphatic heterocycles. The number of phenolic OH excluding ortho intramolecular Hbond substituents is 1. The first-order valence-corrected chi connectivity index (χ1v) is 13.8. The van der Waals surface area contributed by atoms with Gasteiger partial charge in [-0.25, -0.2) is 4.98 Å². The normalized spacial score (nSPS) is 16.8. The molecule has 1 fully saturated rings. The van der Waals surface area contributed by atoms with Crippen LogP contribution < -0.4 is 0 Å². The van der Waals surface area contributed by atoms with Gasteiger partial charge >= 0.3 is 6.18 Å². The van der Waals surface area contributed by atoms with Crippen LogP contribution in [0.2, 0.25) is 0 Å². The fraction of sp³-hybridized carbons (Fsp3) is 0.406. The van der Waals surface area contributed by atoms with Crippen LogP contribution in [0.3, 0.4) is 0 Å². The molecule has 2 aromatic carbocycles. The molecule has 0 radical (unpaired) electrons. The van der Waals surface area contributed by atoms with E-state index in [4.69, 9.17) is 0 Å². The largest absolute Gasteiger partial charge is 0.508 e. The van der Waals surface area contributed by atoms with Crippen LogP contribution in [-0.2, 0) is 18.4 Å². The van der Waals surface area contributed by atoms with Gasteiger partial charge in [-0.3, -0.25) is 4.90 Å². The van der Waals surface area contributed by atoms with Gasteiger partial charge in [-0.1, -0.05) is 56.7 Å². The van der Waals surface area contributed by atoms with Crippen LogP contribution in [0.15, 0.2) is 66.7 Å². The lowest BCUT2D eigenvalue weighted by atomic mass is 9.72. The van der Waals surface area contributed by atoms with Crippen molar-refractivity contribution in [1.29, 1.82) is 0 Å². The van der Waals surface area contributed by atoms with Gasteiger partial charge in [-0.05, 0) is 79.2 Å². The Morgan fingerprint density at radius 3 is 2.33 bits per heavy atom. The Bertz CT molecular complexity index is 1460. The quantitative estimate of drug-likeness (QED) is 0.218. The van der Waals surface area contributed by atoms with E-state index in [9.17, 15) is 23.4 Å². The molecule has 0 saturated carbocycles. The maximum Gasteiger partial charge on any atom is 0.417 e. The van der Waals surface area contributed by atoms with E-state index in [0.717, 1.165) is 42.8 Å². The summed E-state index contributed by atoms with van der Waals surface area (Å²) in [4.78, 5) is 10.1. The zero-order valence-electron chi connectivity index (χ0n) is 22.9. The number of aromatic hydroxyl groups is 1. The predicted molar refractivity (Wildman–Crippen MR) is 151 cm³/mol. The summed E-state index contributed by atoms with van der Waals surface area (Å²) in [5, 5.41) is 21.9. The van der Waals surface area contributed by atoms with Crippen LogP contribution in [0, 0.1) is 0 Å². The maximum atomic E-state index is 14.5. The lowest BCUT2D eigenvalue weighted by molar-refractivity contribution is -0.266. The molecule has 1 aliphatic rings. The molecule has 1 unspecified atom stereocenters. The Morgan fingerprint density at radius 2 is 1.62 bits per heavy atom. The highest BCUT2D eigenvalue weighted by Crippen LogP contribution is 2.45. The van der Waals surface area contributed by atoms with Gasteiger partial charge in [0.25, 0.3) is 0 Å². The first kappa shape index (κ1) is 28.2. The summed E-state index contributed by atoms with van der Waals surface area (Å²) in [5.41, 5.74) is 0.119. The topological polar surface area (TPSA) is 72.4 Å². The molecule has 3 heterocycles. The van der Waals surface area contributed by atoms with E-state index in [0.29, 0.717) is 23.1 Å². The average molecular weight is 552 g/mol. The second kappa shape index (κ2) is 10.9. The fourth-order valence-electron chi connectivity index (χ4n) is 5.93. The van der Waals surface area contributed by atoms with Crippen molar-refractivity contribution in [2.75, 3.05) is 13.1 Å². The Balaban J connectivity index is 1.41. The summed E-state index contributed by atoms with van der Waals surface area (Å²) in [6.45, 7) is 6.00. The highest BCUT2D eigenvalue weighted by atomic mass is 19.4. The molecule has 40 heavy (non-hydrogen) atoms. The van der Waals surface area contributed by atoms with Crippen LogP contribution in [-0.4, -0.2) is 49.9 Å². The fourth-order valence-corrected chi connectivity index (χ4v) is 5.93. The monoisotopic (exact) mass is 551 g/mol. The molecule has 4 aromatic rings. The van der Waals surface area contributed by atoms with Crippen molar-refractivity contribution in [1.82, 2.24) is 14.9 Å². The van der Waals surface area contributed by atoms with Crippen LogP contribution in [0.25, 0.3) is 22.2 Å². The number of nitrogens with one attached hydrogen (secondary N) is 1. The summed E-state index contributed by atoms with van der Waals surface area (Å²) in [7, 11) is 0. The second-order valence-corrected chi connectivity index (χ2v) is 11.7. The molecule has 2 aromatic heterocycles. The summed E-state index contributed by atoms with van der Waals surface area (Å²) in [6.07, 6.45) is -2.63. The molecule has 8 heteroatoms. The number of halogens is 3. The second-order valence-electron chi connectivity index (χ2n) is 11.7. The third-order valence-electron chi connectivity index (χ3n) is 8.00. The highest BCUT2D eigenvalue weighted by Gasteiger charge is 2.56. The summed E-state index contributed by atoms with van der Waals surface area (Å²) in [5.74, 6) is -0.106. The number of pyridine rings is 1. The van der Waals surface area contributed by atoms with Crippen molar-refractivity contribution < 1.29 is 23.4 Å². The van der Waals surface area contributed by atoms with Crippen LogP contribution in [0.1, 0.15) is 56.5 Å². The van der Waals surface area contributed by atoms with Gasteiger partial charge in [0.05, 0.1) is 16.7 Å². The minimum atomic E-state index is -4.90. The summed E-state index contributed by atoms with van der Waals surface area (Å²) in [6, 6.07) is 19.7. The molecule has 0 amide bonds. The minimum Gasteiger partial charge on any atom is -0.508 e. The molecule has 5 rings (SSSR count). The van der Waals surface area contributed by atoms with E-state index >= 15 is 0 Å². The molecular weight excluding hydrogens is 515 g/mol. The first-order chi connectivity index (χ1) is 18.9. The smallest absolute Gasteiger partial charge is 0.417 e. The van der Waals surface area contributed by atoms with Crippen LogP contribution >= 0.6 is 0 Å². The predicted octanol–water partition coefficient (Wildman–Crippen LogP) is 7.13. The molecule has 3 N–H and O–H groups in total. The van der Waals surface area contributed by atoms with E-state index in [-0.39, 0.29) is 11.4 Å². The highest BCUT2D eigenvalue weighted by molar-refractivity contribution is 5.76. The first-order valence-electron chi connectivity index (χ1n) is 13.8. The molecule has 212 valence electrons. The van der Waals surface area contributed by atoms with E-state index in [1.807, 2.05) is 42.5 Å². The number of hydrogen-bond donors (Lipinski definition) is 3. The van der Waals surface area contributed by atoms with Crippen LogP contribution in [0.4, 0.5) is 13.2 Å². The van der Waals surface area contributed by atoms with Crippen molar-refractivity contribution in [2.24, 2.45) is 0 Å². The molecule has 0 aliphatic carbocycles. The van der Waals surface area contributed by atoms with Gasteiger partial charge in [0.2, 0.25) is 0 Å². The van der Waals surface area contributed by atoms with E-state index in [2.05, 4.69) is 14.9 Å². The molecular formula is C32H36F3N3O2. The number of rotatable bonds is 8. The number of fused-ring (bicyclic) bond motifs is 1. The Kier molecular flexibility index (Phi) is 7.68. The summed E-state index contributed by atoms with van der Waals surface area (Å²) >= 11 is 0. The van der Waals surface area contributed by atoms with E-state index < -0.39 is 30.0 Å². The Labute approximate surface area is 232 Å². The average Bonchev–Trinajstić information content (AvgIpc) is 3.30. The number of aromatic amines is 1. The van der Waals surface area contributed by atoms with E-state index in [1.54, 1.807) is 32.0 Å². The number of likely N-dealkylation sites (tertiary alicyclic amines) is 1. The molecule has 5 nitrogen and oxygen atoms in total. The third-order valence-corrected chi connectivity index (χ3v) is 8.00. The number of aliphatic hydroxyl groups is 1. The SMILES string of the molecule is CC(C)(CC(O)(Cc1cc2nc(CN3CCCCC3)ccc2[nH]1)C(F)(F)F)c1cc(-c2ccccc2)ccc1O. The van der Waals surface area contributed by atoms with Gasteiger partial charge < -0.3 is 15.2 Å². The standard InChI is InChI=1S/C32H36F3N3O2/c1-30(2,26-17-23(11-14-29(26)39)22-9-5-3-6-10-22)21-31(40,32(33,34)35)19-25-18-28-27(37-25)13-12-24(36-28)20-38-15-7-4-8-16-38/h3,5-6,9-14,17-18,37,39-40H,4,7-8,15-16,19-21H2,1-2H3. The van der Waals surface area contributed by atoms with Crippen LogP contribution in [0.5, 0.6) is 5.75 Å². The van der Waals surface area contributed by atoms with Crippen molar-refractivity contribution in [2.45, 2.75) is 69.7 Å². The number of alkyl halides is 3. The molecule has 0 bridgehead atoms. The number of hydrogen-bond acceptors (Lipinski definition) is 4. The maximum absolute atomic E-state index is 14.5. The molecule has 0 spiro atoms. The number of aromatic nitrogens is 2. The minimum absolute atomic E-state index is 0.106. The number of phenols is 1. The van der Waals surface area contributed by atoms with Crippen molar-refractivity contribution in [3.05, 3.63) is 83.7 Å². The number of nitrogens with zero attached hydrogens (tertiary/aromatic N) is 2. The van der Waals surface area contributed by atoms with Gasteiger partial charge in [-0.2, -0.15) is 13.2 Å². The van der Waals surface area contributed by atoms with Crippen molar-refractivity contribution in [3.8, 4) is 16.9 Å². The number of piperidine rings is 1. The lowest BCUT2D eigenvalue weighted by Gasteiger charge is -2.38. The zero-order valence-corrected chi connectivity index (χ0v) is 22.9. The van der Waals surface area contributed by atoms with Gasteiger partial charge in [0, 0.05) is 24.2 Å². The number of benzene rings is 2. The Hall–Kier alpha value is -3.36. The molecule has 1 atom stereocenters. The van der Waals surface area contributed by atoms with Crippen molar-refractivity contribution in [3.63, 3.8) is 0 Å². The van der Waals surface area contributed by atoms with Crippen molar-refractivity contribution >= 4 is 11.0 Å². The Morgan fingerprint density at radius 1 is 0.900 bits per heavy atom. The molecule has 1 saturated heterocycles. The van der Waals surface area contributed by atoms with Gasteiger partial charge in [0.15, 0.2) is 5.60 Å². The summed E-state index contributed by atoms with van der Waals surface area (Å²) < 4.78 is 43.5. The van der Waals surface area contributed by atoms with Gasteiger partial charge in [-0.15, -0.1) is 0 Å². The third kappa shape index (κ3) is 6.03. The zero-order chi connectivity index (χ0) is 28.5. The number of H-pyrrole nitrogens is 1. The van der Waals surface area contributed by atoms with E-state index in [1.165, 1.54) is 12.5 Å². The lowest BCUT2D eigenvalue weighted by Crippen LogP contribution is -2.50.